The molecule has 1 N–H and O–H groups in total. The number of aromatic nitrogens is 4. The summed E-state index contributed by atoms with van der Waals surface area (Å²) in [6.45, 7) is 0.479. The predicted molar refractivity (Wildman–Crippen MR) is 77.0 cm³/mol. The smallest absolute Gasteiger partial charge is 0.182 e. The van der Waals surface area contributed by atoms with Gasteiger partial charge in [-0.25, -0.2) is 15.0 Å². The van der Waals surface area contributed by atoms with E-state index in [0.29, 0.717) is 12.4 Å². The number of rotatable bonds is 3. The Morgan fingerprint density at radius 2 is 2.10 bits per heavy atom. The molecular weight excluding hydrogens is 320 g/mol. The van der Waals surface area contributed by atoms with Gasteiger partial charge in [-0.15, -0.1) is 0 Å². The standard InChI is InChI=1S/C13H9BrN6/c14-9-1-2-12-19-10(8-20(12)7-9)6-18-13-11(5-15)16-3-4-17-13/h1-4,7-8H,6H2,(H,17,18). The molecule has 0 amide bonds. The summed E-state index contributed by atoms with van der Waals surface area (Å²) in [7, 11) is 0. The molecule has 0 aliphatic rings. The lowest BCUT2D eigenvalue weighted by Crippen LogP contribution is -2.04. The van der Waals surface area contributed by atoms with Gasteiger partial charge in [-0.3, -0.25) is 0 Å². The second-order valence-corrected chi connectivity index (χ2v) is 4.98. The Kier molecular flexibility index (Phi) is 3.31. The van der Waals surface area contributed by atoms with E-state index in [1.54, 1.807) is 6.20 Å². The lowest BCUT2D eigenvalue weighted by atomic mass is 10.4. The Balaban J connectivity index is 1.82. The SMILES string of the molecule is N#Cc1nccnc1NCc1cn2cc(Br)ccc2n1. The highest BCUT2D eigenvalue weighted by Gasteiger charge is 2.06. The minimum Gasteiger partial charge on any atom is -0.362 e. The molecule has 98 valence electrons. The fraction of sp³-hybridized carbons (Fsp3) is 0.0769. The molecule has 3 aromatic rings. The highest BCUT2D eigenvalue weighted by atomic mass is 79.9. The number of nitriles is 1. The zero-order valence-electron chi connectivity index (χ0n) is 10.3. The van der Waals surface area contributed by atoms with Crippen molar-refractivity contribution in [2.24, 2.45) is 0 Å². The Labute approximate surface area is 123 Å². The lowest BCUT2D eigenvalue weighted by Gasteiger charge is -2.03. The van der Waals surface area contributed by atoms with Crippen LogP contribution in [0.2, 0.25) is 0 Å². The topological polar surface area (TPSA) is 78.9 Å². The summed E-state index contributed by atoms with van der Waals surface area (Å²) in [4.78, 5) is 12.5. The van der Waals surface area contributed by atoms with Gasteiger partial charge in [-0.1, -0.05) is 0 Å². The minimum atomic E-state index is 0.277. The maximum absolute atomic E-state index is 8.94. The zero-order chi connectivity index (χ0) is 13.9. The van der Waals surface area contributed by atoms with E-state index < -0.39 is 0 Å². The largest absolute Gasteiger partial charge is 0.362 e. The molecule has 3 rings (SSSR count). The van der Waals surface area contributed by atoms with Crippen molar-refractivity contribution < 1.29 is 0 Å². The number of pyridine rings is 1. The normalized spacial score (nSPS) is 10.4. The van der Waals surface area contributed by atoms with Gasteiger partial charge in [0.25, 0.3) is 0 Å². The maximum Gasteiger partial charge on any atom is 0.182 e. The summed E-state index contributed by atoms with van der Waals surface area (Å²) in [5.41, 5.74) is 2.00. The second kappa shape index (κ2) is 5.27. The third-order valence-corrected chi connectivity index (χ3v) is 3.18. The first-order valence-electron chi connectivity index (χ1n) is 5.84. The second-order valence-electron chi connectivity index (χ2n) is 4.06. The molecule has 0 radical (unpaired) electrons. The molecule has 0 aliphatic heterocycles. The van der Waals surface area contributed by atoms with Crippen LogP contribution in [0.15, 0.2) is 41.4 Å². The molecule has 0 fully saturated rings. The number of imidazole rings is 1. The van der Waals surface area contributed by atoms with Crippen LogP contribution in [-0.2, 0) is 6.54 Å². The summed E-state index contributed by atoms with van der Waals surface area (Å²) < 4.78 is 2.92. The highest BCUT2D eigenvalue weighted by Crippen LogP contribution is 2.14. The first kappa shape index (κ1) is 12.6. The number of hydrogen-bond acceptors (Lipinski definition) is 5. The average Bonchev–Trinajstić information content (AvgIpc) is 2.87. The molecule has 3 heterocycles. The number of nitrogens with one attached hydrogen (secondary N) is 1. The van der Waals surface area contributed by atoms with Gasteiger partial charge in [0.2, 0.25) is 0 Å². The lowest BCUT2D eigenvalue weighted by molar-refractivity contribution is 1.04. The van der Waals surface area contributed by atoms with Crippen molar-refractivity contribution in [3.8, 4) is 6.07 Å². The maximum atomic E-state index is 8.94. The van der Waals surface area contributed by atoms with E-state index >= 15 is 0 Å². The van der Waals surface area contributed by atoms with E-state index in [2.05, 4.69) is 36.2 Å². The Bertz CT molecular complexity index is 804. The monoisotopic (exact) mass is 328 g/mol. The fourth-order valence-electron chi connectivity index (χ4n) is 1.83. The van der Waals surface area contributed by atoms with Gasteiger partial charge < -0.3 is 9.72 Å². The van der Waals surface area contributed by atoms with Crippen LogP contribution in [0.25, 0.3) is 5.65 Å². The van der Waals surface area contributed by atoms with Crippen molar-refractivity contribution in [1.82, 2.24) is 19.4 Å². The van der Waals surface area contributed by atoms with Crippen molar-refractivity contribution in [1.29, 1.82) is 5.26 Å². The van der Waals surface area contributed by atoms with E-state index in [1.807, 2.05) is 35.0 Å². The van der Waals surface area contributed by atoms with Gasteiger partial charge in [0.1, 0.15) is 11.7 Å². The van der Waals surface area contributed by atoms with E-state index in [9.17, 15) is 0 Å². The number of hydrogen-bond donors (Lipinski definition) is 1. The van der Waals surface area contributed by atoms with Crippen molar-refractivity contribution >= 4 is 27.4 Å². The van der Waals surface area contributed by atoms with E-state index in [0.717, 1.165) is 15.8 Å². The summed E-state index contributed by atoms with van der Waals surface area (Å²) in [6.07, 6.45) is 6.90. The molecule has 0 saturated heterocycles. The molecular formula is C13H9BrN6. The molecule has 0 bridgehead atoms. The Hall–Kier alpha value is -2.46. The van der Waals surface area contributed by atoms with E-state index in [1.165, 1.54) is 6.20 Å². The van der Waals surface area contributed by atoms with Crippen LogP contribution in [0.5, 0.6) is 0 Å². The van der Waals surface area contributed by atoms with Crippen molar-refractivity contribution in [3.05, 3.63) is 52.8 Å². The fourth-order valence-corrected chi connectivity index (χ4v) is 2.18. The van der Waals surface area contributed by atoms with Crippen LogP contribution in [0.1, 0.15) is 11.4 Å². The van der Waals surface area contributed by atoms with Crippen LogP contribution in [0.4, 0.5) is 5.82 Å². The summed E-state index contributed by atoms with van der Waals surface area (Å²) in [5, 5.41) is 12.0. The average molecular weight is 329 g/mol. The summed E-state index contributed by atoms with van der Waals surface area (Å²) in [5.74, 6) is 0.466. The van der Waals surface area contributed by atoms with Crippen LogP contribution in [0, 0.1) is 11.3 Å². The minimum absolute atomic E-state index is 0.277. The first-order chi connectivity index (χ1) is 9.76. The zero-order valence-corrected chi connectivity index (χ0v) is 11.9. The first-order valence-corrected chi connectivity index (χ1v) is 6.63. The molecule has 0 atom stereocenters. The van der Waals surface area contributed by atoms with Gasteiger partial charge in [0.15, 0.2) is 11.5 Å². The quantitative estimate of drug-likeness (QED) is 0.798. The van der Waals surface area contributed by atoms with Gasteiger partial charge >= 0.3 is 0 Å². The summed E-state index contributed by atoms with van der Waals surface area (Å²) >= 11 is 3.42. The molecule has 0 aromatic carbocycles. The van der Waals surface area contributed by atoms with Crippen LogP contribution in [0.3, 0.4) is 0 Å². The number of halogens is 1. The van der Waals surface area contributed by atoms with Crippen LogP contribution < -0.4 is 5.32 Å². The van der Waals surface area contributed by atoms with E-state index in [4.69, 9.17) is 5.26 Å². The molecule has 0 spiro atoms. The van der Waals surface area contributed by atoms with Crippen molar-refractivity contribution in [2.75, 3.05) is 5.32 Å². The molecule has 0 aliphatic carbocycles. The Morgan fingerprint density at radius 3 is 2.95 bits per heavy atom. The molecule has 20 heavy (non-hydrogen) atoms. The van der Waals surface area contributed by atoms with Gasteiger partial charge in [-0.2, -0.15) is 5.26 Å². The highest BCUT2D eigenvalue weighted by molar-refractivity contribution is 9.10. The van der Waals surface area contributed by atoms with Crippen LogP contribution in [-0.4, -0.2) is 19.4 Å². The van der Waals surface area contributed by atoms with Gasteiger partial charge in [0.05, 0.1) is 12.2 Å². The summed E-state index contributed by atoms with van der Waals surface area (Å²) in [6, 6.07) is 5.87. The van der Waals surface area contributed by atoms with Gasteiger partial charge in [-0.05, 0) is 28.1 Å². The van der Waals surface area contributed by atoms with Crippen molar-refractivity contribution in [3.63, 3.8) is 0 Å². The van der Waals surface area contributed by atoms with Gasteiger partial charge in [0, 0.05) is 29.3 Å². The molecule has 0 unspecified atom stereocenters. The number of anilines is 1. The molecule has 0 saturated carbocycles. The Morgan fingerprint density at radius 1 is 1.25 bits per heavy atom. The number of nitrogens with zero attached hydrogens (tertiary/aromatic N) is 5. The third-order valence-electron chi connectivity index (χ3n) is 2.71. The number of fused-ring (bicyclic) bond motifs is 1. The van der Waals surface area contributed by atoms with Crippen molar-refractivity contribution in [2.45, 2.75) is 6.54 Å². The third kappa shape index (κ3) is 2.46. The van der Waals surface area contributed by atoms with E-state index in [-0.39, 0.29) is 5.69 Å². The predicted octanol–water partition coefficient (Wildman–Crippen LogP) is 2.37. The van der Waals surface area contributed by atoms with Crippen LogP contribution >= 0.6 is 15.9 Å². The molecule has 3 aromatic heterocycles. The molecule has 6 nitrogen and oxygen atoms in total. The molecule has 7 heteroatoms.